The van der Waals surface area contributed by atoms with E-state index < -0.39 is 27.8 Å². The van der Waals surface area contributed by atoms with Gasteiger partial charge in [0, 0.05) is 16.7 Å². The number of hydrogen-bond donors (Lipinski definition) is 1. The lowest BCUT2D eigenvalue weighted by Crippen LogP contribution is -2.69. The Kier molecular flexibility index (Phi) is 4.44. The van der Waals surface area contributed by atoms with Crippen LogP contribution < -0.4 is 0 Å². The summed E-state index contributed by atoms with van der Waals surface area (Å²) in [4.78, 5) is 31.4. The zero-order chi connectivity index (χ0) is 27.0. The quantitative estimate of drug-likeness (QED) is 0.455. The van der Waals surface area contributed by atoms with E-state index in [0.29, 0.717) is 12.8 Å². The number of allylic oxidation sites excluding steroid dienone is 3. The first-order valence-corrected chi connectivity index (χ1v) is 13.8. The predicted octanol–water partition coefficient (Wildman–Crippen LogP) is 5.91. The third-order valence-corrected chi connectivity index (χ3v) is 12.6. The molecule has 3 fully saturated rings. The molecule has 0 saturated heterocycles. The predicted molar refractivity (Wildman–Crippen MR) is 141 cm³/mol. The molecule has 5 nitrogen and oxygen atoms in total. The Labute approximate surface area is 220 Å². The lowest BCUT2D eigenvalue weighted by atomic mass is 9.33. The van der Waals surface area contributed by atoms with Crippen molar-refractivity contribution < 1.29 is 14.7 Å². The smallest absolute Gasteiger partial charge is 0.310 e. The molecule has 0 bridgehead atoms. The minimum absolute atomic E-state index is 0.0429. The van der Waals surface area contributed by atoms with Crippen LogP contribution in [0.5, 0.6) is 0 Å². The number of nitrogens with zero attached hydrogens (tertiary/aromatic N) is 2. The van der Waals surface area contributed by atoms with Crippen LogP contribution >= 0.6 is 0 Å². The van der Waals surface area contributed by atoms with Gasteiger partial charge in [-0.2, -0.15) is 5.26 Å². The van der Waals surface area contributed by atoms with Crippen molar-refractivity contribution in [3.05, 3.63) is 23.3 Å². The molecular weight excluding hydrogens is 460 g/mol. The summed E-state index contributed by atoms with van der Waals surface area (Å²) in [5.74, 6) is 2.21. The maximum atomic E-state index is 13.3. The molecule has 0 unspecified atom stereocenters. The number of ketones is 1. The van der Waals surface area contributed by atoms with Crippen LogP contribution in [0.4, 0.5) is 0 Å². The van der Waals surface area contributed by atoms with Crippen molar-refractivity contribution >= 4 is 17.5 Å². The average molecular weight is 499 g/mol. The highest BCUT2D eigenvalue weighted by Crippen LogP contribution is 2.79. The standard InChI is InChI=1S/C32H38N2O3/c1-8-30-16-19(18-33)24(35)27(4,5)20(30)9-10-28(6)21(30)15-23-32(34-23)22-17-26(2,3)11-13-31(22,25(36)37)14-12-29(28,32)7/h1,15-16,20,22H,9-14,17H2,2-7H3,(H,36,37)/t20-,22+,28+,29-,30-,31-,32+/m0/s1. The Morgan fingerprint density at radius 2 is 1.76 bits per heavy atom. The van der Waals surface area contributed by atoms with Crippen molar-refractivity contribution in [1.29, 1.82) is 5.26 Å². The fourth-order valence-electron chi connectivity index (χ4n) is 10.1. The van der Waals surface area contributed by atoms with Crippen LogP contribution in [0.2, 0.25) is 0 Å². The summed E-state index contributed by atoms with van der Waals surface area (Å²) in [5.41, 5.74) is -1.06. The number of carbonyl (C=O) groups excluding carboxylic acids is 1. The Morgan fingerprint density at radius 1 is 1.08 bits per heavy atom. The van der Waals surface area contributed by atoms with Crippen LogP contribution in [0.1, 0.15) is 86.5 Å². The SMILES string of the molecule is C#C[C@]12C=C(C#N)C(=O)C(C)(C)[C@@H]1CC[C@]1(C)C2=CC2=N[C@]23[C@@H]2CC(C)(C)CC[C@]2(C(=O)O)CC[C@@]13C. The summed E-state index contributed by atoms with van der Waals surface area (Å²) < 4.78 is 0. The van der Waals surface area contributed by atoms with Crippen molar-refractivity contribution in [1.82, 2.24) is 0 Å². The third kappa shape index (κ3) is 2.46. The Bertz CT molecular complexity index is 1350. The molecule has 1 heterocycles. The van der Waals surface area contributed by atoms with E-state index in [1.54, 1.807) is 6.08 Å². The van der Waals surface area contributed by atoms with Gasteiger partial charge in [-0.15, -0.1) is 6.42 Å². The van der Waals surface area contributed by atoms with Gasteiger partial charge in [0.15, 0.2) is 5.78 Å². The summed E-state index contributed by atoms with van der Waals surface area (Å²) in [6.45, 7) is 13.1. The summed E-state index contributed by atoms with van der Waals surface area (Å²) in [5, 5.41) is 20.5. The van der Waals surface area contributed by atoms with E-state index in [2.05, 4.69) is 45.8 Å². The molecule has 3 saturated carbocycles. The second-order valence-corrected chi connectivity index (χ2v) is 14.7. The highest BCUT2D eigenvalue weighted by atomic mass is 16.4. The molecule has 7 atom stereocenters. The van der Waals surface area contributed by atoms with Crippen LogP contribution in [0.25, 0.3) is 0 Å². The summed E-state index contributed by atoms with van der Waals surface area (Å²) in [6, 6.07) is 2.15. The van der Waals surface area contributed by atoms with Gasteiger partial charge in [0.1, 0.15) is 11.6 Å². The molecular formula is C32H38N2O3. The van der Waals surface area contributed by atoms with Crippen LogP contribution in [0, 0.1) is 68.0 Å². The van der Waals surface area contributed by atoms with E-state index in [1.807, 2.05) is 13.8 Å². The molecule has 6 rings (SSSR count). The number of carbonyl (C=O) groups is 2. The van der Waals surface area contributed by atoms with Gasteiger partial charge in [0.05, 0.1) is 22.1 Å². The number of Topliss-reactive ketones (excluding diaryl/α,β-unsaturated/α-hetero) is 1. The van der Waals surface area contributed by atoms with Gasteiger partial charge in [-0.25, -0.2) is 0 Å². The number of hydrogen-bond acceptors (Lipinski definition) is 4. The molecule has 1 N–H and O–H groups in total. The van der Waals surface area contributed by atoms with Gasteiger partial charge >= 0.3 is 5.97 Å². The van der Waals surface area contributed by atoms with Crippen LogP contribution in [-0.4, -0.2) is 28.1 Å². The van der Waals surface area contributed by atoms with Crippen molar-refractivity contribution in [2.75, 3.05) is 0 Å². The lowest BCUT2D eigenvalue weighted by molar-refractivity contribution is -0.177. The van der Waals surface area contributed by atoms with E-state index in [9.17, 15) is 20.0 Å². The fraction of sp³-hybridized carbons (Fsp3) is 0.688. The lowest BCUT2D eigenvalue weighted by Gasteiger charge is -2.68. The molecule has 6 aliphatic rings. The summed E-state index contributed by atoms with van der Waals surface area (Å²) >= 11 is 0. The number of rotatable bonds is 1. The zero-order valence-electron chi connectivity index (χ0n) is 23.0. The first-order chi connectivity index (χ1) is 17.1. The first-order valence-electron chi connectivity index (χ1n) is 13.8. The second kappa shape index (κ2) is 6.66. The van der Waals surface area contributed by atoms with E-state index in [4.69, 9.17) is 11.4 Å². The van der Waals surface area contributed by atoms with Gasteiger partial charge in [-0.3, -0.25) is 14.6 Å². The number of nitriles is 1. The summed E-state index contributed by atoms with van der Waals surface area (Å²) in [7, 11) is 0. The monoisotopic (exact) mass is 498 g/mol. The Morgan fingerprint density at radius 3 is 2.38 bits per heavy atom. The van der Waals surface area contributed by atoms with Crippen LogP contribution in [0.15, 0.2) is 28.3 Å². The second-order valence-electron chi connectivity index (χ2n) is 14.7. The van der Waals surface area contributed by atoms with E-state index in [-0.39, 0.29) is 39.4 Å². The van der Waals surface area contributed by atoms with Gasteiger partial charge < -0.3 is 5.11 Å². The molecule has 37 heavy (non-hydrogen) atoms. The molecule has 0 aromatic rings. The minimum atomic E-state index is -0.830. The van der Waals surface area contributed by atoms with Crippen molar-refractivity contribution in [3.63, 3.8) is 0 Å². The Hall–Kier alpha value is -2.66. The van der Waals surface area contributed by atoms with Crippen molar-refractivity contribution in [3.8, 4) is 18.4 Å². The molecule has 194 valence electrons. The summed E-state index contributed by atoms with van der Waals surface area (Å²) in [6.07, 6.45) is 15.9. The minimum Gasteiger partial charge on any atom is -0.481 e. The van der Waals surface area contributed by atoms with Crippen LogP contribution in [-0.2, 0) is 9.59 Å². The highest BCUT2D eigenvalue weighted by Gasteiger charge is 2.80. The topological polar surface area (TPSA) is 90.5 Å². The maximum absolute atomic E-state index is 13.3. The van der Waals surface area contributed by atoms with E-state index in [1.165, 1.54) is 0 Å². The fourth-order valence-corrected chi connectivity index (χ4v) is 10.1. The molecule has 0 aromatic carbocycles. The molecule has 0 radical (unpaired) electrons. The van der Waals surface area contributed by atoms with Gasteiger partial charge in [0.2, 0.25) is 0 Å². The number of aliphatic imine (C=N–C) groups is 1. The largest absolute Gasteiger partial charge is 0.481 e. The molecule has 0 amide bonds. The Balaban J connectivity index is 1.58. The number of aliphatic carboxylic acids is 1. The average Bonchev–Trinajstić information content (AvgIpc) is 3.56. The number of carboxylic acid groups (broad SMARTS) is 1. The van der Waals surface area contributed by atoms with E-state index >= 15 is 0 Å². The number of fused-ring (bicyclic) bond motifs is 5. The van der Waals surface area contributed by atoms with Crippen LogP contribution in [0.3, 0.4) is 0 Å². The number of carboxylic acids is 1. The van der Waals surface area contributed by atoms with Gasteiger partial charge in [-0.1, -0.05) is 47.5 Å². The molecule has 5 aliphatic carbocycles. The maximum Gasteiger partial charge on any atom is 0.310 e. The highest BCUT2D eigenvalue weighted by molar-refractivity contribution is 6.17. The normalized spacial score (nSPS) is 48.1. The zero-order valence-corrected chi connectivity index (χ0v) is 23.0. The van der Waals surface area contributed by atoms with Gasteiger partial charge in [0.25, 0.3) is 0 Å². The molecule has 1 aliphatic heterocycles. The van der Waals surface area contributed by atoms with Crippen molar-refractivity contribution in [2.24, 2.45) is 49.3 Å². The molecule has 1 spiro atoms. The molecule has 5 heteroatoms. The van der Waals surface area contributed by atoms with Crippen molar-refractivity contribution in [2.45, 2.75) is 92.0 Å². The van der Waals surface area contributed by atoms with E-state index in [0.717, 1.165) is 43.4 Å². The van der Waals surface area contributed by atoms with Gasteiger partial charge in [-0.05, 0) is 79.4 Å². The number of terminal acetylenes is 1. The first kappa shape index (κ1) is 24.7. The third-order valence-electron chi connectivity index (χ3n) is 12.6. The molecule has 0 aromatic heterocycles.